The number of hydrogen-bond donors (Lipinski definition) is 0. The van der Waals surface area contributed by atoms with Crippen LogP contribution in [0.3, 0.4) is 0 Å². The van der Waals surface area contributed by atoms with Crippen LogP contribution in [0.5, 0.6) is 0 Å². The minimum absolute atomic E-state index is 1.31. The fourth-order valence-electron chi connectivity index (χ4n) is 1.43. The standard InChI is InChI=1S/C11H13NS/c1-8-4-6-10(12(8)3)11-7-5-9(2)13-11/h4-7H,1-3H3. The van der Waals surface area contributed by atoms with Crippen molar-refractivity contribution >= 4 is 11.3 Å². The Kier molecular flexibility index (Phi) is 2.00. The fourth-order valence-corrected chi connectivity index (χ4v) is 2.36. The first-order valence-electron chi connectivity index (χ1n) is 4.37. The summed E-state index contributed by atoms with van der Waals surface area (Å²) in [6.07, 6.45) is 0. The molecule has 0 unspecified atom stereocenters. The first-order chi connectivity index (χ1) is 6.18. The molecule has 0 bridgehead atoms. The molecule has 0 aromatic carbocycles. The van der Waals surface area contributed by atoms with Crippen LogP contribution in [-0.2, 0) is 7.05 Å². The third-order valence-corrected chi connectivity index (χ3v) is 3.39. The Hall–Kier alpha value is -1.02. The molecule has 0 aliphatic heterocycles. The van der Waals surface area contributed by atoms with Gasteiger partial charge in [0.15, 0.2) is 0 Å². The maximum atomic E-state index is 2.23. The smallest absolute Gasteiger partial charge is 0.0581 e. The van der Waals surface area contributed by atoms with Crippen molar-refractivity contribution in [3.63, 3.8) is 0 Å². The van der Waals surface area contributed by atoms with Gasteiger partial charge >= 0.3 is 0 Å². The average Bonchev–Trinajstić information content (AvgIpc) is 2.62. The van der Waals surface area contributed by atoms with Crippen molar-refractivity contribution in [3.8, 4) is 10.6 Å². The summed E-state index contributed by atoms with van der Waals surface area (Å²) in [4.78, 5) is 2.72. The van der Waals surface area contributed by atoms with Gasteiger partial charge in [-0.3, -0.25) is 0 Å². The van der Waals surface area contributed by atoms with Gasteiger partial charge in [0.2, 0.25) is 0 Å². The summed E-state index contributed by atoms with van der Waals surface area (Å²) >= 11 is 1.85. The summed E-state index contributed by atoms with van der Waals surface area (Å²) in [6, 6.07) is 8.70. The predicted molar refractivity (Wildman–Crippen MR) is 58.2 cm³/mol. The van der Waals surface area contributed by atoms with E-state index in [0.717, 1.165) is 0 Å². The van der Waals surface area contributed by atoms with Crippen LogP contribution in [0.1, 0.15) is 10.6 Å². The maximum Gasteiger partial charge on any atom is 0.0581 e. The topological polar surface area (TPSA) is 4.93 Å². The zero-order chi connectivity index (χ0) is 9.42. The summed E-state index contributed by atoms with van der Waals surface area (Å²) in [5.41, 5.74) is 2.62. The molecule has 0 saturated heterocycles. The Bertz CT molecular complexity index is 423. The second-order valence-electron chi connectivity index (χ2n) is 3.33. The second kappa shape index (κ2) is 3.04. The molecule has 0 spiro atoms. The molecular weight excluding hydrogens is 178 g/mol. The van der Waals surface area contributed by atoms with Crippen LogP contribution in [0, 0.1) is 13.8 Å². The van der Waals surface area contributed by atoms with Gasteiger partial charge in [-0.1, -0.05) is 0 Å². The minimum Gasteiger partial charge on any atom is -0.347 e. The molecule has 1 nitrogen and oxygen atoms in total. The van der Waals surface area contributed by atoms with Crippen molar-refractivity contribution in [2.24, 2.45) is 7.05 Å². The molecule has 0 N–H and O–H groups in total. The zero-order valence-corrected chi connectivity index (χ0v) is 8.98. The largest absolute Gasteiger partial charge is 0.347 e. The molecule has 0 aliphatic carbocycles. The van der Waals surface area contributed by atoms with E-state index < -0.39 is 0 Å². The highest BCUT2D eigenvalue weighted by Gasteiger charge is 2.05. The molecule has 2 heteroatoms. The molecule has 0 radical (unpaired) electrons. The maximum absolute atomic E-state index is 2.23. The number of rotatable bonds is 1. The van der Waals surface area contributed by atoms with Crippen LogP contribution >= 0.6 is 11.3 Å². The quantitative estimate of drug-likeness (QED) is 0.651. The predicted octanol–water partition coefficient (Wildman–Crippen LogP) is 3.37. The molecule has 2 aromatic heterocycles. The van der Waals surface area contributed by atoms with Crippen LogP contribution in [-0.4, -0.2) is 4.57 Å². The summed E-state index contributed by atoms with van der Waals surface area (Å²) in [6.45, 7) is 4.27. The molecule has 2 rings (SSSR count). The van der Waals surface area contributed by atoms with E-state index in [-0.39, 0.29) is 0 Å². The lowest BCUT2D eigenvalue weighted by Gasteiger charge is -2.01. The normalized spacial score (nSPS) is 10.7. The third kappa shape index (κ3) is 1.42. The zero-order valence-electron chi connectivity index (χ0n) is 8.16. The van der Waals surface area contributed by atoms with Crippen LogP contribution < -0.4 is 0 Å². The molecule has 0 atom stereocenters. The number of nitrogens with zero attached hydrogens (tertiary/aromatic N) is 1. The minimum atomic E-state index is 1.31. The number of aromatic nitrogens is 1. The van der Waals surface area contributed by atoms with E-state index in [1.165, 1.54) is 21.1 Å². The van der Waals surface area contributed by atoms with Gasteiger partial charge in [0.05, 0.1) is 10.6 Å². The van der Waals surface area contributed by atoms with Crippen LogP contribution in [0.15, 0.2) is 24.3 Å². The summed E-state index contributed by atoms with van der Waals surface area (Å²) in [7, 11) is 2.11. The molecule has 0 aliphatic rings. The lowest BCUT2D eigenvalue weighted by atomic mass is 10.3. The highest BCUT2D eigenvalue weighted by Crippen LogP contribution is 2.28. The van der Waals surface area contributed by atoms with Gasteiger partial charge in [-0.05, 0) is 38.1 Å². The van der Waals surface area contributed by atoms with E-state index in [2.05, 4.69) is 49.7 Å². The molecule has 0 fully saturated rings. The Labute approximate surface area is 82.6 Å². The Morgan fingerprint density at radius 1 is 1.08 bits per heavy atom. The van der Waals surface area contributed by atoms with Crippen molar-refractivity contribution in [3.05, 3.63) is 34.8 Å². The monoisotopic (exact) mass is 191 g/mol. The Morgan fingerprint density at radius 3 is 2.31 bits per heavy atom. The van der Waals surface area contributed by atoms with E-state index in [9.17, 15) is 0 Å². The van der Waals surface area contributed by atoms with Crippen molar-refractivity contribution in [1.82, 2.24) is 4.57 Å². The van der Waals surface area contributed by atoms with Gasteiger partial charge in [0.1, 0.15) is 0 Å². The lowest BCUT2D eigenvalue weighted by Crippen LogP contribution is -1.91. The molecule has 13 heavy (non-hydrogen) atoms. The number of thiophene rings is 1. The van der Waals surface area contributed by atoms with E-state index in [4.69, 9.17) is 0 Å². The molecule has 2 heterocycles. The Balaban J connectivity index is 2.52. The fraction of sp³-hybridized carbons (Fsp3) is 0.273. The molecule has 2 aromatic rings. The first-order valence-corrected chi connectivity index (χ1v) is 5.19. The van der Waals surface area contributed by atoms with Gasteiger partial charge in [0.25, 0.3) is 0 Å². The molecular formula is C11H13NS. The molecule has 0 saturated carbocycles. The van der Waals surface area contributed by atoms with E-state index >= 15 is 0 Å². The average molecular weight is 191 g/mol. The highest BCUT2D eigenvalue weighted by atomic mass is 32.1. The number of hydrogen-bond acceptors (Lipinski definition) is 1. The van der Waals surface area contributed by atoms with Gasteiger partial charge in [0, 0.05) is 17.6 Å². The highest BCUT2D eigenvalue weighted by molar-refractivity contribution is 7.15. The van der Waals surface area contributed by atoms with Gasteiger partial charge in [-0.15, -0.1) is 11.3 Å². The van der Waals surface area contributed by atoms with Gasteiger partial charge in [-0.2, -0.15) is 0 Å². The molecule has 0 amide bonds. The second-order valence-corrected chi connectivity index (χ2v) is 4.62. The van der Waals surface area contributed by atoms with Crippen LogP contribution in [0.4, 0.5) is 0 Å². The van der Waals surface area contributed by atoms with Crippen LogP contribution in [0.2, 0.25) is 0 Å². The third-order valence-electron chi connectivity index (χ3n) is 2.37. The summed E-state index contributed by atoms with van der Waals surface area (Å²) in [5, 5.41) is 0. The SMILES string of the molecule is Cc1ccc(-c2ccc(C)n2C)s1. The van der Waals surface area contributed by atoms with Crippen molar-refractivity contribution < 1.29 is 0 Å². The van der Waals surface area contributed by atoms with Crippen molar-refractivity contribution in [2.45, 2.75) is 13.8 Å². The van der Waals surface area contributed by atoms with Crippen molar-refractivity contribution in [2.75, 3.05) is 0 Å². The van der Waals surface area contributed by atoms with E-state index in [1.54, 1.807) is 0 Å². The molecule has 68 valence electrons. The van der Waals surface area contributed by atoms with E-state index in [1.807, 2.05) is 11.3 Å². The summed E-state index contributed by atoms with van der Waals surface area (Å²) < 4.78 is 2.23. The lowest BCUT2D eigenvalue weighted by molar-refractivity contribution is 0.893. The summed E-state index contributed by atoms with van der Waals surface area (Å²) in [5.74, 6) is 0. The van der Waals surface area contributed by atoms with Gasteiger partial charge in [-0.25, -0.2) is 0 Å². The number of aryl methyl sites for hydroxylation is 2. The van der Waals surface area contributed by atoms with Crippen molar-refractivity contribution in [1.29, 1.82) is 0 Å². The Morgan fingerprint density at radius 2 is 1.85 bits per heavy atom. The van der Waals surface area contributed by atoms with Crippen LogP contribution in [0.25, 0.3) is 10.6 Å². The van der Waals surface area contributed by atoms with Gasteiger partial charge < -0.3 is 4.57 Å². The first kappa shape index (κ1) is 8.57. The van der Waals surface area contributed by atoms with E-state index in [0.29, 0.717) is 0 Å².